The van der Waals surface area contributed by atoms with Crippen molar-refractivity contribution in [3.05, 3.63) is 64.9 Å². The number of nitrogens with one attached hydrogen (secondary N) is 1. The van der Waals surface area contributed by atoms with Crippen LogP contribution >= 0.6 is 11.6 Å². The molecule has 2 amide bonds. The van der Waals surface area contributed by atoms with E-state index in [0.29, 0.717) is 43.4 Å². The van der Waals surface area contributed by atoms with Crippen LogP contribution in [0, 0.1) is 5.82 Å². The van der Waals surface area contributed by atoms with Gasteiger partial charge < -0.3 is 15.1 Å². The zero-order valence-corrected chi connectivity index (χ0v) is 14.0. The summed E-state index contributed by atoms with van der Waals surface area (Å²) >= 11 is 5.84. The molecule has 1 N–H and O–H groups in total. The van der Waals surface area contributed by atoms with Crippen LogP contribution in [0.1, 0.15) is 5.56 Å². The summed E-state index contributed by atoms with van der Waals surface area (Å²) in [7, 11) is 0. The van der Waals surface area contributed by atoms with Crippen molar-refractivity contribution in [2.45, 2.75) is 6.54 Å². The highest BCUT2D eigenvalue weighted by atomic mass is 35.5. The van der Waals surface area contributed by atoms with Crippen molar-refractivity contribution >= 4 is 23.3 Å². The highest BCUT2D eigenvalue weighted by Gasteiger charge is 2.22. The first-order valence-electron chi connectivity index (χ1n) is 7.90. The maximum atomic E-state index is 13.8. The van der Waals surface area contributed by atoms with Crippen molar-refractivity contribution in [3.63, 3.8) is 0 Å². The third-order valence-corrected chi connectivity index (χ3v) is 4.37. The first-order chi connectivity index (χ1) is 11.6. The number of halogens is 2. The largest absolute Gasteiger partial charge is 0.366 e. The summed E-state index contributed by atoms with van der Waals surface area (Å²) < 4.78 is 13.8. The molecule has 1 fully saturated rings. The molecule has 1 aliphatic rings. The molecular weight excluding hydrogens is 329 g/mol. The van der Waals surface area contributed by atoms with Gasteiger partial charge in [0.25, 0.3) is 0 Å². The van der Waals surface area contributed by atoms with E-state index in [1.165, 1.54) is 6.07 Å². The molecule has 6 heteroatoms. The lowest BCUT2D eigenvalue weighted by Gasteiger charge is -2.36. The van der Waals surface area contributed by atoms with Gasteiger partial charge in [0.05, 0.1) is 5.69 Å². The smallest absolute Gasteiger partial charge is 0.317 e. The van der Waals surface area contributed by atoms with Crippen LogP contribution in [-0.2, 0) is 6.54 Å². The lowest BCUT2D eigenvalue weighted by molar-refractivity contribution is 0.194. The Morgan fingerprint density at radius 1 is 1.04 bits per heavy atom. The van der Waals surface area contributed by atoms with Gasteiger partial charge in [0.2, 0.25) is 0 Å². The minimum Gasteiger partial charge on any atom is -0.366 e. The molecule has 0 unspecified atom stereocenters. The molecule has 24 heavy (non-hydrogen) atoms. The Labute approximate surface area is 145 Å². The third kappa shape index (κ3) is 3.97. The van der Waals surface area contributed by atoms with Gasteiger partial charge in [-0.05, 0) is 29.8 Å². The fourth-order valence-corrected chi connectivity index (χ4v) is 2.88. The van der Waals surface area contributed by atoms with Gasteiger partial charge in [0.1, 0.15) is 5.82 Å². The molecule has 4 nitrogen and oxygen atoms in total. The number of carbonyl (C=O) groups excluding carboxylic acids is 1. The summed E-state index contributed by atoms with van der Waals surface area (Å²) in [6, 6.07) is 14.0. The first kappa shape index (κ1) is 16.6. The molecule has 0 aliphatic carbocycles. The summed E-state index contributed by atoms with van der Waals surface area (Å²) in [4.78, 5) is 16.0. The van der Waals surface area contributed by atoms with Gasteiger partial charge >= 0.3 is 6.03 Å². The lowest BCUT2D eigenvalue weighted by Crippen LogP contribution is -2.51. The standard InChI is InChI=1S/C18H19ClFN3O/c19-15-7-5-14(6-8-15)13-21-18(24)23-11-9-22(10-12-23)17-4-2-1-3-16(17)20/h1-8H,9-13H2,(H,21,24). The fourth-order valence-electron chi connectivity index (χ4n) is 2.75. The van der Waals surface area contributed by atoms with Gasteiger partial charge in [0.15, 0.2) is 0 Å². The molecule has 126 valence electrons. The Balaban J connectivity index is 1.50. The van der Waals surface area contributed by atoms with Crippen LogP contribution in [0.2, 0.25) is 5.02 Å². The zero-order valence-electron chi connectivity index (χ0n) is 13.2. The van der Waals surface area contributed by atoms with E-state index in [1.807, 2.05) is 23.1 Å². The van der Waals surface area contributed by atoms with E-state index in [0.717, 1.165) is 5.56 Å². The Morgan fingerprint density at radius 3 is 2.38 bits per heavy atom. The Kier molecular flexibility index (Phi) is 5.20. The average molecular weight is 348 g/mol. The number of carbonyl (C=O) groups is 1. The second-order valence-electron chi connectivity index (χ2n) is 5.71. The topological polar surface area (TPSA) is 35.6 Å². The van der Waals surface area contributed by atoms with Crippen molar-refractivity contribution in [3.8, 4) is 0 Å². The number of piperazine rings is 1. The molecule has 2 aromatic carbocycles. The van der Waals surface area contributed by atoms with E-state index < -0.39 is 0 Å². The number of anilines is 1. The average Bonchev–Trinajstić information content (AvgIpc) is 2.61. The highest BCUT2D eigenvalue weighted by molar-refractivity contribution is 6.30. The Bertz CT molecular complexity index is 700. The number of rotatable bonds is 3. The molecule has 0 aromatic heterocycles. The molecule has 3 rings (SSSR count). The quantitative estimate of drug-likeness (QED) is 0.922. The summed E-state index contributed by atoms with van der Waals surface area (Å²) in [5.74, 6) is -0.224. The fraction of sp³-hybridized carbons (Fsp3) is 0.278. The predicted octanol–water partition coefficient (Wildman–Crippen LogP) is 3.51. The van der Waals surface area contributed by atoms with E-state index in [2.05, 4.69) is 5.32 Å². The van der Waals surface area contributed by atoms with Gasteiger partial charge in [-0.25, -0.2) is 9.18 Å². The van der Waals surface area contributed by atoms with Crippen molar-refractivity contribution in [2.75, 3.05) is 31.1 Å². The second kappa shape index (κ2) is 7.53. The number of para-hydroxylation sites is 1. The number of hydrogen-bond acceptors (Lipinski definition) is 2. The Morgan fingerprint density at radius 2 is 1.71 bits per heavy atom. The molecule has 0 bridgehead atoms. The normalized spacial score (nSPS) is 14.6. The maximum absolute atomic E-state index is 13.8. The van der Waals surface area contributed by atoms with E-state index in [9.17, 15) is 9.18 Å². The van der Waals surface area contributed by atoms with E-state index in [4.69, 9.17) is 11.6 Å². The van der Waals surface area contributed by atoms with Crippen LogP contribution in [0.3, 0.4) is 0 Å². The minimum absolute atomic E-state index is 0.0990. The number of hydrogen-bond donors (Lipinski definition) is 1. The van der Waals surface area contributed by atoms with Crippen LogP contribution in [0.15, 0.2) is 48.5 Å². The van der Waals surface area contributed by atoms with Crippen LogP contribution < -0.4 is 10.2 Å². The molecule has 0 spiro atoms. The van der Waals surface area contributed by atoms with Crippen LogP contribution in [-0.4, -0.2) is 37.1 Å². The lowest BCUT2D eigenvalue weighted by atomic mass is 10.2. The highest BCUT2D eigenvalue weighted by Crippen LogP contribution is 2.20. The first-order valence-corrected chi connectivity index (χ1v) is 8.28. The van der Waals surface area contributed by atoms with Crippen molar-refractivity contribution in [2.24, 2.45) is 0 Å². The van der Waals surface area contributed by atoms with Gasteiger partial charge in [-0.3, -0.25) is 0 Å². The molecule has 0 atom stereocenters. The molecule has 2 aromatic rings. The second-order valence-corrected chi connectivity index (χ2v) is 6.15. The van der Waals surface area contributed by atoms with Gasteiger partial charge in [-0.2, -0.15) is 0 Å². The summed E-state index contributed by atoms with van der Waals surface area (Å²) in [6.45, 7) is 2.84. The molecule has 1 saturated heterocycles. The van der Waals surface area contributed by atoms with Crippen molar-refractivity contribution in [1.29, 1.82) is 0 Å². The van der Waals surface area contributed by atoms with Crippen LogP contribution in [0.4, 0.5) is 14.9 Å². The monoisotopic (exact) mass is 347 g/mol. The van der Waals surface area contributed by atoms with Crippen molar-refractivity contribution < 1.29 is 9.18 Å². The summed E-state index contributed by atoms with van der Waals surface area (Å²) in [6.07, 6.45) is 0. The molecule has 0 saturated carbocycles. The van der Waals surface area contributed by atoms with E-state index >= 15 is 0 Å². The zero-order chi connectivity index (χ0) is 16.9. The van der Waals surface area contributed by atoms with Gasteiger partial charge in [-0.15, -0.1) is 0 Å². The predicted molar refractivity (Wildman–Crippen MR) is 93.9 cm³/mol. The van der Waals surface area contributed by atoms with Crippen molar-refractivity contribution in [1.82, 2.24) is 10.2 Å². The molecule has 1 aliphatic heterocycles. The summed E-state index contributed by atoms with van der Waals surface area (Å²) in [5.41, 5.74) is 1.59. The number of urea groups is 1. The molecular formula is C18H19ClFN3O. The number of nitrogens with zero attached hydrogens (tertiary/aromatic N) is 2. The number of benzene rings is 2. The van der Waals surface area contributed by atoms with Gasteiger partial charge in [0, 0.05) is 37.7 Å². The molecule has 0 radical (unpaired) electrons. The van der Waals surface area contributed by atoms with Gasteiger partial charge in [-0.1, -0.05) is 35.9 Å². The van der Waals surface area contributed by atoms with E-state index in [1.54, 1.807) is 29.2 Å². The SMILES string of the molecule is O=C(NCc1ccc(Cl)cc1)N1CCN(c2ccccc2F)CC1. The molecule has 1 heterocycles. The Hall–Kier alpha value is -2.27. The third-order valence-electron chi connectivity index (χ3n) is 4.12. The van der Waals surface area contributed by atoms with Crippen LogP contribution in [0.25, 0.3) is 0 Å². The van der Waals surface area contributed by atoms with E-state index in [-0.39, 0.29) is 11.8 Å². The minimum atomic E-state index is -0.224. The summed E-state index contributed by atoms with van der Waals surface area (Å²) in [5, 5.41) is 3.58. The maximum Gasteiger partial charge on any atom is 0.317 e. The number of amides is 2. The van der Waals surface area contributed by atoms with Crippen LogP contribution in [0.5, 0.6) is 0 Å².